The Morgan fingerprint density at radius 2 is 0.539 bits per heavy atom. The molecule has 128 heavy (non-hydrogen) atoms. The van der Waals surface area contributed by atoms with Gasteiger partial charge in [-0.25, -0.2) is 29.9 Å². The standard InChI is InChI=1S/C118H68N10/c119-69-73-47-49-77(50-48-73)96-34-8-12-41-107(96)117-126-115(127-118(128-117)108-42-13-11-39-103(108)105-45-20-43-97(110(105)72-122)86-30-14-25-81(61-86)75-51-53-78(54-52-75)101-44-18-24-79-56-55-76-21-4-5-37-100(76)111(79)101)88-32-16-27-83(63-88)82-26-15-29-85(62-82)95-58-57-90(66-94(95)71-121)116-124-113(80-22-2-1-3-23-80)123-114(125-116)89-33-17-28-84(64-89)91-59-74(70-120)60-92(67-91)98-35-6-7-36-99(98)93-65-87-31-19-46-106-102-38-9-10-40-104(102)109(68-93)112(87)106/h1-68H. The van der Waals surface area contributed by atoms with Crippen LogP contribution in [0.4, 0.5) is 0 Å². The minimum atomic E-state index is 0.389. The Balaban J connectivity index is 0.586. The third-order valence-electron chi connectivity index (χ3n) is 24.5. The van der Waals surface area contributed by atoms with Crippen LogP contribution in [0.2, 0.25) is 0 Å². The van der Waals surface area contributed by atoms with Crippen LogP contribution in [0.5, 0.6) is 0 Å². The minimum absolute atomic E-state index is 0.389. The summed E-state index contributed by atoms with van der Waals surface area (Å²) in [6, 6.07) is 150. The number of nitriles is 4. The lowest BCUT2D eigenvalue weighted by Gasteiger charge is -2.16. The molecule has 1 aliphatic rings. The maximum absolute atomic E-state index is 11.5. The van der Waals surface area contributed by atoms with E-state index in [0.29, 0.717) is 68.3 Å². The van der Waals surface area contributed by atoms with E-state index in [4.69, 9.17) is 29.9 Å². The smallest absolute Gasteiger partial charge is 0.164 e. The van der Waals surface area contributed by atoms with Crippen molar-refractivity contribution in [3.63, 3.8) is 0 Å². The van der Waals surface area contributed by atoms with Gasteiger partial charge in [0.25, 0.3) is 0 Å². The van der Waals surface area contributed by atoms with Gasteiger partial charge in [0.15, 0.2) is 34.9 Å². The summed E-state index contributed by atoms with van der Waals surface area (Å²) in [4.78, 5) is 31.6. The van der Waals surface area contributed by atoms with Gasteiger partial charge in [-0.2, -0.15) is 21.0 Å². The first-order chi connectivity index (χ1) is 63.2. The highest BCUT2D eigenvalue weighted by Gasteiger charge is 2.26. The molecule has 0 aliphatic heterocycles. The molecule has 0 atom stereocenters. The van der Waals surface area contributed by atoms with Crippen molar-refractivity contribution in [2.24, 2.45) is 0 Å². The number of hydrogen-bond acceptors (Lipinski definition) is 10. The average molecular weight is 1630 g/mol. The van der Waals surface area contributed by atoms with Gasteiger partial charge >= 0.3 is 0 Å². The lowest BCUT2D eigenvalue weighted by Crippen LogP contribution is -2.02. The third kappa shape index (κ3) is 14.0. The molecule has 0 N–H and O–H groups in total. The van der Waals surface area contributed by atoms with Crippen molar-refractivity contribution in [1.82, 2.24) is 29.9 Å². The fourth-order valence-electron chi connectivity index (χ4n) is 18.4. The molecule has 10 nitrogen and oxygen atoms in total. The molecule has 0 radical (unpaired) electrons. The van der Waals surface area contributed by atoms with Gasteiger partial charge < -0.3 is 0 Å². The van der Waals surface area contributed by atoms with Crippen molar-refractivity contribution >= 4 is 32.3 Å². The van der Waals surface area contributed by atoms with Gasteiger partial charge in [0.2, 0.25) is 0 Å². The van der Waals surface area contributed by atoms with Crippen molar-refractivity contribution in [2.75, 3.05) is 0 Å². The summed E-state index contributed by atoms with van der Waals surface area (Å²) < 4.78 is 0. The van der Waals surface area contributed by atoms with Gasteiger partial charge in [-0.15, -0.1) is 0 Å². The monoisotopic (exact) mass is 1620 g/mol. The van der Waals surface area contributed by atoms with Crippen LogP contribution in [-0.2, 0) is 0 Å². The van der Waals surface area contributed by atoms with E-state index >= 15 is 0 Å². The fraction of sp³-hybridized carbons (Fsp3) is 0. The zero-order chi connectivity index (χ0) is 85.7. The Hall–Kier alpha value is -18.1. The van der Waals surface area contributed by atoms with E-state index in [1.54, 1.807) is 0 Å². The van der Waals surface area contributed by atoms with Gasteiger partial charge in [0, 0.05) is 44.5 Å². The summed E-state index contributed by atoms with van der Waals surface area (Å²) >= 11 is 0. The van der Waals surface area contributed by atoms with Gasteiger partial charge in [-0.05, 0) is 228 Å². The molecule has 1 aliphatic carbocycles. The van der Waals surface area contributed by atoms with Crippen LogP contribution < -0.4 is 0 Å². The molecule has 2 aromatic heterocycles. The molecule has 2 heterocycles. The number of hydrogen-bond donors (Lipinski definition) is 0. The van der Waals surface area contributed by atoms with Gasteiger partial charge in [-0.1, -0.05) is 340 Å². The molecular weight excluding hydrogens is 1560 g/mol. The third-order valence-corrected chi connectivity index (χ3v) is 24.5. The van der Waals surface area contributed by atoms with Crippen LogP contribution in [0, 0.1) is 45.3 Å². The largest absolute Gasteiger partial charge is 0.208 e. The van der Waals surface area contributed by atoms with Crippen molar-refractivity contribution in [3.8, 4) is 226 Å². The average Bonchev–Trinajstić information content (AvgIpc) is 1.56. The summed E-state index contributed by atoms with van der Waals surface area (Å²) in [6.45, 7) is 0. The summed E-state index contributed by atoms with van der Waals surface area (Å²) in [5.74, 6) is 2.53. The molecule has 0 fully saturated rings. The second-order valence-corrected chi connectivity index (χ2v) is 32.0. The molecule has 19 aromatic carbocycles. The molecule has 10 heteroatoms. The molecule has 0 saturated carbocycles. The van der Waals surface area contributed by atoms with E-state index in [9.17, 15) is 21.0 Å². The number of benzene rings is 19. The molecule has 0 amide bonds. The van der Waals surface area contributed by atoms with Crippen molar-refractivity contribution in [2.45, 2.75) is 0 Å². The van der Waals surface area contributed by atoms with Gasteiger partial charge in [0.05, 0.1) is 40.5 Å². The van der Waals surface area contributed by atoms with E-state index in [2.05, 4.69) is 243 Å². The highest BCUT2D eigenvalue weighted by molar-refractivity contribution is 6.17. The first-order valence-electron chi connectivity index (χ1n) is 42.3. The summed E-state index contributed by atoms with van der Waals surface area (Å²) in [5, 5.41) is 50.6. The fourth-order valence-corrected chi connectivity index (χ4v) is 18.4. The van der Waals surface area contributed by atoms with Gasteiger partial charge in [-0.3, -0.25) is 0 Å². The van der Waals surface area contributed by atoms with Crippen molar-refractivity contribution in [3.05, 3.63) is 435 Å². The Kier molecular flexibility index (Phi) is 19.3. The molecule has 0 bridgehead atoms. The molecule has 0 spiro atoms. The predicted octanol–water partition coefficient (Wildman–Crippen LogP) is 29.3. The minimum Gasteiger partial charge on any atom is -0.208 e. The Morgan fingerprint density at radius 3 is 1.18 bits per heavy atom. The molecule has 22 rings (SSSR count). The molecule has 0 unspecified atom stereocenters. The number of aromatic nitrogens is 6. The lowest BCUT2D eigenvalue weighted by atomic mass is 9.89. The number of nitrogens with zero attached hydrogens (tertiary/aromatic N) is 10. The van der Waals surface area contributed by atoms with Gasteiger partial charge in [0.1, 0.15) is 6.07 Å². The number of rotatable bonds is 16. The first-order valence-corrected chi connectivity index (χ1v) is 42.3. The van der Waals surface area contributed by atoms with Crippen LogP contribution in [0.1, 0.15) is 22.3 Å². The molecular formula is C118H68N10. The maximum atomic E-state index is 11.5. The Labute approximate surface area is 739 Å². The van der Waals surface area contributed by atoms with Crippen LogP contribution in [0.3, 0.4) is 0 Å². The highest BCUT2D eigenvalue weighted by atomic mass is 15.0. The number of fused-ring (bicyclic) bond motifs is 6. The zero-order valence-corrected chi connectivity index (χ0v) is 68.7. The summed E-state index contributed by atoms with van der Waals surface area (Å²) in [6.07, 6.45) is 0. The SMILES string of the molecule is N#Cc1ccc(-c2ccccc2-c2nc(-c3cccc(-c4cccc(-c5ccc(-c6nc(-c7ccccc7)nc(-c7cccc(-c8cc(C#N)cc(-c9ccccc9-c9cc%10c%11c(cccc%11c9)-c9ccccc9-%10)c8)c7)n6)cc5C#N)c4)c3)nc(-c3ccccc3-c3cccc(-c4cccc(-c5ccc(-c6cccc7ccc8ccccc8c67)cc5)c4)c3C#N)n2)cc1. The second kappa shape index (κ2) is 32.4. The van der Waals surface area contributed by atoms with E-state index in [1.165, 1.54) is 60.1 Å². The molecule has 590 valence electrons. The second-order valence-electron chi connectivity index (χ2n) is 32.0. The first kappa shape index (κ1) is 76.1. The van der Waals surface area contributed by atoms with E-state index in [-0.39, 0.29) is 0 Å². The summed E-state index contributed by atoms with van der Waals surface area (Å²) in [7, 11) is 0. The van der Waals surface area contributed by atoms with E-state index < -0.39 is 0 Å². The predicted molar refractivity (Wildman–Crippen MR) is 516 cm³/mol. The van der Waals surface area contributed by atoms with Crippen LogP contribution >= 0.6 is 0 Å². The zero-order valence-electron chi connectivity index (χ0n) is 68.7. The normalized spacial score (nSPS) is 11.2. The van der Waals surface area contributed by atoms with E-state index in [0.717, 1.165) is 128 Å². The van der Waals surface area contributed by atoms with Crippen molar-refractivity contribution in [1.29, 1.82) is 21.0 Å². The lowest BCUT2D eigenvalue weighted by molar-refractivity contribution is 1.07. The quantitative estimate of drug-likeness (QED) is 0.0848. The topological polar surface area (TPSA) is 172 Å². The van der Waals surface area contributed by atoms with Crippen LogP contribution in [0.15, 0.2) is 413 Å². The molecule has 21 aromatic rings. The van der Waals surface area contributed by atoms with Crippen molar-refractivity contribution < 1.29 is 0 Å². The highest BCUT2D eigenvalue weighted by Crippen LogP contribution is 2.51. The Bertz CT molecular complexity index is 8310. The van der Waals surface area contributed by atoms with E-state index in [1.807, 2.05) is 194 Å². The van der Waals surface area contributed by atoms with Crippen LogP contribution in [-0.4, -0.2) is 29.9 Å². The maximum Gasteiger partial charge on any atom is 0.164 e. The van der Waals surface area contributed by atoms with Crippen LogP contribution in [0.25, 0.3) is 234 Å². The molecule has 0 saturated heterocycles. The Morgan fingerprint density at radius 1 is 0.156 bits per heavy atom. The summed E-state index contributed by atoms with van der Waals surface area (Å²) in [5.41, 5.74) is 29.7.